The predicted octanol–water partition coefficient (Wildman–Crippen LogP) is 2.99. The summed E-state index contributed by atoms with van der Waals surface area (Å²) in [6, 6.07) is -0.678. The second-order valence-corrected chi connectivity index (χ2v) is 10.8. The zero-order valence-corrected chi connectivity index (χ0v) is 21.7. The first kappa shape index (κ1) is 26.9. The van der Waals surface area contributed by atoms with Crippen LogP contribution in [0, 0.1) is 11.8 Å². The Morgan fingerprint density at radius 1 is 1.19 bits per heavy atom. The van der Waals surface area contributed by atoms with Gasteiger partial charge in [0.1, 0.15) is 24.2 Å². The van der Waals surface area contributed by atoms with E-state index in [4.69, 9.17) is 9.47 Å². The van der Waals surface area contributed by atoms with Crippen LogP contribution in [0.4, 0.5) is 0 Å². The van der Waals surface area contributed by atoms with E-state index in [0.29, 0.717) is 45.2 Å². The third kappa shape index (κ3) is 4.30. The fourth-order valence-corrected chi connectivity index (χ4v) is 7.33. The molecule has 0 aromatic heterocycles. The highest BCUT2D eigenvalue weighted by molar-refractivity contribution is 5.98. The first-order chi connectivity index (χ1) is 17.4. The Morgan fingerprint density at radius 2 is 1.94 bits per heavy atom. The summed E-state index contributed by atoms with van der Waals surface area (Å²) in [5.74, 6) is -2.25. The van der Waals surface area contributed by atoms with E-state index in [1.165, 1.54) is 12.5 Å². The lowest BCUT2D eigenvalue weighted by molar-refractivity contribution is -0.161. The number of unbranched alkanes of at least 4 members (excludes halogenated alkanes) is 1. The van der Waals surface area contributed by atoms with Gasteiger partial charge in [0.2, 0.25) is 11.8 Å². The second-order valence-electron chi connectivity index (χ2n) is 10.8. The Balaban J connectivity index is 1.74. The highest BCUT2D eigenvalue weighted by Crippen LogP contribution is 2.64. The summed E-state index contributed by atoms with van der Waals surface area (Å²) in [4.78, 5) is 45.3. The van der Waals surface area contributed by atoms with Crippen LogP contribution in [-0.2, 0) is 23.9 Å². The van der Waals surface area contributed by atoms with Crippen molar-refractivity contribution in [1.82, 2.24) is 9.80 Å². The van der Waals surface area contributed by atoms with Crippen LogP contribution < -0.4 is 0 Å². The van der Waals surface area contributed by atoms with Crippen LogP contribution >= 0.6 is 0 Å². The molecule has 5 atom stereocenters. The van der Waals surface area contributed by atoms with Crippen LogP contribution in [-0.4, -0.2) is 82.3 Å². The van der Waals surface area contributed by atoms with Crippen molar-refractivity contribution in [1.29, 1.82) is 0 Å². The summed E-state index contributed by atoms with van der Waals surface area (Å²) in [5, 5.41) is 9.35. The third-order valence-corrected chi connectivity index (χ3v) is 8.94. The van der Waals surface area contributed by atoms with E-state index in [2.05, 4.69) is 13.2 Å². The molecule has 2 unspecified atom stereocenters. The maximum Gasteiger partial charge on any atom is 0.313 e. The molecule has 3 heterocycles. The molecule has 2 amide bonds. The summed E-state index contributed by atoms with van der Waals surface area (Å²) in [6.45, 7) is 10.4. The third-order valence-electron chi connectivity index (χ3n) is 8.94. The van der Waals surface area contributed by atoms with Gasteiger partial charge in [-0.15, -0.1) is 6.58 Å². The van der Waals surface area contributed by atoms with Crippen molar-refractivity contribution in [2.24, 2.45) is 11.8 Å². The molecule has 4 rings (SSSR count). The molecule has 1 N–H and O–H groups in total. The molecule has 1 spiro atoms. The first-order valence-corrected chi connectivity index (χ1v) is 13.7. The lowest BCUT2D eigenvalue weighted by Gasteiger charge is -2.40. The van der Waals surface area contributed by atoms with Crippen molar-refractivity contribution in [3.05, 3.63) is 25.3 Å². The van der Waals surface area contributed by atoms with E-state index in [0.717, 1.165) is 25.7 Å². The van der Waals surface area contributed by atoms with Gasteiger partial charge in [0.05, 0.1) is 11.5 Å². The molecule has 2 bridgehead atoms. The molecule has 3 saturated heterocycles. The molecular weight excluding hydrogens is 460 g/mol. The molecule has 0 aromatic carbocycles. The van der Waals surface area contributed by atoms with Crippen LogP contribution in [0.2, 0.25) is 0 Å². The number of aliphatic hydroxyl groups is 1. The molecule has 8 nitrogen and oxygen atoms in total. The van der Waals surface area contributed by atoms with E-state index in [-0.39, 0.29) is 31.1 Å². The highest BCUT2D eigenvalue weighted by atomic mass is 16.6. The summed E-state index contributed by atoms with van der Waals surface area (Å²) < 4.78 is 12.2. The van der Waals surface area contributed by atoms with Crippen molar-refractivity contribution in [3.63, 3.8) is 0 Å². The molecule has 1 aliphatic carbocycles. The van der Waals surface area contributed by atoms with Gasteiger partial charge in [-0.05, 0) is 44.9 Å². The van der Waals surface area contributed by atoms with Gasteiger partial charge >= 0.3 is 5.97 Å². The zero-order valence-electron chi connectivity index (χ0n) is 21.7. The first-order valence-electron chi connectivity index (χ1n) is 13.7. The zero-order chi connectivity index (χ0) is 25.9. The molecule has 3 aliphatic heterocycles. The number of aliphatic hydroxyl groups excluding tert-OH is 1. The summed E-state index contributed by atoms with van der Waals surface area (Å²) in [5.41, 5.74) is -1.85. The number of nitrogens with zero attached hydrogens (tertiary/aromatic N) is 2. The maximum atomic E-state index is 14.4. The minimum Gasteiger partial charge on any atom is -0.461 e. The smallest absolute Gasteiger partial charge is 0.313 e. The van der Waals surface area contributed by atoms with Gasteiger partial charge in [-0.2, -0.15) is 0 Å². The number of hydrogen-bond donors (Lipinski definition) is 1. The number of carbonyl (C=O) groups is 3. The lowest BCUT2D eigenvalue weighted by atomic mass is 9.65. The fourth-order valence-electron chi connectivity index (χ4n) is 7.33. The SMILES string of the molecule is C=CCOC(=O)[C@H]1[C@H]2C(=O)N(CCCCO)C(C(=O)N(CC=C)C3CCCCC3)C23CC[C@]1(CC)O3. The van der Waals surface area contributed by atoms with Crippen LogP contribution in [0.3, 0.4) is 0 Å². The van der Waals surface area contributed by atoms with E-state index >= 15 is 0 Å². The van der Waals surface area contributed by atoms with Crippen molar-refractivity contribution in [2.75, 3.05) is 26.3 Å². The number of esters is 1. The lowest BCUT2D eigenvalue weighted by Crippen LogP contribution is -2.58. The number of carbonyl (C=O) groups excluding carboxylic acids is 3. The summed E-state index contributed by atoms with van der Waals surface area (Å²) in [6.07, 6.45) is 11.3. The maximum absolute atomic E-state index is 14.4. The average molecular weight is 503 g/mol. The molecule has 8 heteroatoms. The van der Waals surface area contributed by atoms with Crippen LogP contribution in [0.25, 0.3) is 0 Å². The molecular formula is C28H42N2O6. The van der Waals surface area contributed by atoms with Crippen molar-refractivity contribution < 1.29 is 29.0 Å². The largest absolute Gasteiger partial charge is 0.461 e. The Morgan fingerprint density at radius 3 is 2.58 bits per heavy atom. The Bertz CT molecular complexity index is 870. The number of amides is 2. The normalized spacial score (nSPS) is 33.4. The number of hydrogen-bond acceptors (Lipinski definition) is 6. The summed E-state index contributed by atoms with van der Waals surface area (Å²) >= 11 is 0. The number of ether oxygens (including phenoxy) is 2. The topological polar surface area (TPSA) is 96.4 Å². The van der Waals surface area contributed by atoms with Gasteiger partial charge in [0.25, 0.3) is 0 Å². The Labute approximate surface area is 214 Å². The minimum absolute atomic E-state index is 0.0197. The minimum atomic E-state index is -1.05. The fraction of sp³-hybridized carbons (Fsp3) is 0.750. The van der Waals surface area contributed by atoms with Crippen LogP contribution in [0.15, 0.2) is 25.3 Å². The van der Waals surface area contributed by atoms with Gasteiger partial charge in [0.15, 0.2) is 0 Å². The standard InChI is InChI=1S/C28H42N2O6/c1-4-16-29(20-12-8-7-9-13-20)25(33)23-28-15-14-27(6-3,36-28)22(26(34)35-19-5-2)21(28)24(32)30(23)17-10-11-18-31/h4-5,20-23,31H,1-2,6-19H2,3H3/t21-,22+,23?,27-,28?/m0/s1. The molecule has 36 heavy (non-hydrogen) atoms. The van der Waals surface area contributed by atoms with E-state index in [1.807, 2.05) is 11.8 Å². The quantitative estimate of drug-likeness (QED) is 0.250. The Hall–Kier alpha value is -2.19. The van der Waals surface area contributed by atoms with Crippen molar-refractivity contribution in [3.8, 4) is 0 Å². The number of rotatable bonds is 12. The van der Waals surface area contributed by atoms with Crippen LogP contribution in [0.1, 0.15) is 71.1 Å². The monoisotopic (exact) mass is 502 g/mol. The van der Waals surface area contributed by atoms with Gasteiger partial charge in [-0.3, -0.25) is 14.4 Å². The Kier molecular flexibility index (Phi) is 8.25. The van der Waals surface area contributed by atoms with E-state index in [1.54, 1.807) is 11.0 Å². The molecule has 0 aromatic rings. The van der Waals surface area contributed by atoms with Gasteiger partial charge in [0, 0.05) is 25.7 Å². The summed E-state index contributed by atoms with van der Waals surface area (Å²) in [7, 11) is 0. The molecule has 1 saturated carbocycles. The average Bonchev–Trinajstić information content (AvgIpc) is 3.50. The predicted molar refractivity (Wildman–Crippen MR) is 135 cm³/mol. The van der Waals surface area contributed by atoms with Crippen molar-refractivity contribution in [2.45, 2.75) is 94.4 Å². The van der Waals surface area contributed by atoms with Gasteiger partial charge in [-0.25, -0.2) is 0 Å². The molecule has 0 radical (unpaired) electrons. The molecule has 4 aliphatic rings. The van der Waals surface area contributed by atoms with E-state index in [9.17, 15) is 19.5 Å². The van der Waals surface area contributed by atoms with Crippen molar-refractivity contribution >= 4 is 17.8 Å². The number of fused-ring (bicyclic) bond motifs is 1. The van der Waals surface area contributed by atoms with Crippen LogP contribution in [0.5, 0.6) is 0 Å². The van der Waals surface area contributed by atoms with Gasteiger partial charge < -0.3 is 24.4 Å². The van der Waals surface area contributed by atoms with E-state index < -0.39 is 35.0 Å². The second kappa shape index (κ2) is 11.1. The van der Waals surface area contributed by atoms with Gasteiger partial charge in [-0.1, -0.05) is 44.9 Å². The molecule has 4 fully saturated rings. The number of likely N-dealkylation sites (tertiary alicyclic amines) is 1. The highest BCUT2D eigenvalue weighted by Gasteiger charge is 2.79. The molecule has 200 valence electrons.